The van der Waals surface area contributed by atoms with Crippen LogP contribution in [0.25, 0.3) is 0 Å². The molecule has 0 aliphatic carbocycles. The van der Waals surface area contributed by atoms with Crippen molar-refractivity contribution in [2.75, 3.05) is 37.6 Å². The van der Waals surface area contributed by atoms with Crippen LogP contribution in [0.3, 0.4) is 0 Å². The summed E-state index contributed by atoms with van der Waals surface area (Å²) < 4.78 is 29.6. The second kappa shape index (κ2) is 9.66. The molecule has 0 saturated carbocycles. The van der Waals surface area contributed by atoms with Crippen LogP contribution in [0.2, 0.25) is 0 Å². The fourth-order valence-corrected chi connectivity index (χ4v) is 8.08. The third kappa shape index (κ3) is 4.86. The van der Waals surface area contributed by atoms with Gasteiger partial charge in [-0.3, -0.25) is 9.59 Å². The fraction of sp³-hybridized carbons (Fsp3) is 0.667. The highest BCUT2D eigenvalue weighted by atomic mass is 79.9. The Hall–Kier alpha value is -1.45. The molecule has 0 spiro atoms. The van der Waals surface area contributed by atoms with Crippen LogP contribution in [-0.2, 0) is 26.0 Å². The van der Waals surface area contributed by atoms with E-state index < -0.39 is 10.0 Å². The summed E-state index contributed by atoms with van der Waals surface area (Å²) in [5.41, 5.74) is 1.41. The van der Waals surface area contributed by atoms with Gasteiger partial charge in [0.2, 0.25) is 21.8 Å². The molecule has 4 rings (SSSR count). The number of hydrogen-bond acceptors (Lipinski definition) is 4. The van der Waals surface area contributed by atoms with Crippen molar-refractivity contribution < 1.29 is 18.0 Å². The van der Waals surface area contributed by atoms with Crippen molar-refractivity contribution in [1.29, 1.82) is 0 Å². The van der Waals surface area contributed by atoms with Gasteiger partial charge in [0.05, 0.1) is 5.69 Å². The molecule has 3 aliphatic heterocycles. The number of rotatable bonds is 4. The number of piperidine rings is 2. The molecule has 0 N–H and O–H groups in total. The molecule has 2 amide bonds. The summed E-state index contributed by atoms with van der Waals surface area (Å²) in [6.07, 6.45) is 3.19. The largest absolute Gasteiger partial charge is 0.342 e. The Balaban J connectivity index is 1.51. The first kappa shape index (κ1) is 24.7. The lowest BCUT2D eigenvalue weighted by Crippen LogP contribution is -2.48. The zero-order chi connectivity index (χ0) is 23.9. The van der Waals surface area contributed by atoms with Gasteiger partial charge in [-0.05, 0) is 55.2 Å². The normalized spacial score (nSPS) is 24.7. The standard InChI is InChI=1S/C24H34BrN3O4S/c1-4-22(29)28-10-7-19-12-20(25)13-21(23(19)28)33(31,32)27-8-5-18(6-9-27)24(30)26-14-16(2)11-17(3)15-26/h12-13,16-18H,4-11,14-15H2,1-3H3/t16-,17+. The van der Waals surface area contributed by atoms with Crippen LogP contribution < -0.4 is 4.90 Å². The SMILES string of the molecule is CCC(=O)N1CCc2cc(Br)cc(S(=O)(=O)N3CCC(C(=O)N4C[C@H](C)C[C@H](C)C4)CC3)c21. The van der Waals surface area contributed by atoms with Crippen molar-refractivity contribution in [1.82, 2.24) is 9.21 Å². The van der Waals surface area contributed by atoms with Crippen LogP contribution in [-0.4, -0.2) is 62.2 Å². The maximum absolute atomic E-state index is 13.7. The minimum absolute atomic E-state index is 0.0678. The molecule has 0 radical (unpaired) electrons. The second-order valence-electron chi connectivity index (χ2n) is 9.93. The summed E-state index contributed by atoms with van der Waals surface area (Å²) in [6.45, 7) is 8.91. The van der Waals surface area contributed by atoms with Gasteiger partial charge in [-0.2, -0.15) is 4.31 Å². The van der Waals surface area contributed by atoms with Crippen LogP contribution >= 0.6 is 15.9 Å². The minimum atomic E-state index is -3.79. The second-order valence-corrected chi connectivity index (χ2v) is 12.8. The molecule has 1 aromatic carbocycles. The molecular formula is C24H34BrN3O4S. The van der Waals surface area contributed by atoms with Gasteiger partial charge in [-0.25, -0.2) is 8.42 Å². The van der Waals surface area contributed by atoms with Crippen LogP contribution in [0.1, 0.15) is 52.0 Å². The zero-order valence-corrected chi connectivity index (χ0v) is 22.1. The Morgan fingerprint density at radius 2 is 1.70 bits per heavy atom. The molecule has 0 bridgehead atoms. The van der Waals surface area contributed by atoms with Gasteiger partial charge in [-0.15, -0.1) is 0 Å². The molecule has 3 heterocycles. The van der Waals surface area contributed by atoms with Crippen molar-refractivity contribution in [2.24, 2.45) is 17.8 Å². The van der Waals surface area contributed by atoms with Gasteiger partial charge in [0, 0.05) is 49.5 Å². The lowest BCUT2D eigenvalue weighted by atomic mass is 9.89. The zero-order valence-electron chi connectivity index (χ0n) is 19.7. The molecule has 2 atom stereocenters. The molecule has 2 saturated heterocycles. The predicted octanol–water partition coefficient (Wildman–Crippen LogP) is 3.65. The number of nitrogens with zero attached hydrogens (tertiary/aromatic N) is 3. The monoisotopic (exact) mass is 539 g/mol. The smallest absolute Gasteiger partial charge is 0.245 e. The van der Waals surface area contributed by atoms with E-state index in [2.05, 4.69) is 29.8 Å². The summed E-state index contributed by atoms with van der Waals surface area (Å²) in [4.78, 5) is 29.4. The van der Waals surface area contributed by atoms with Crippen molar-refractivity contribution in [3.8, 4) is 0 Å². The van der Waals surface area contributed by atoms with Crippen LogP contribution in [0.5, 0.6) is 0 Å². The first-order valence-corrected chi connectivity index (χ1v) is 14.3. The van der Waals surface area contributed by atoms with Gasteiger partial charge in [-0.1, -0.05) is 36.7 Å². The molecule has 3 aliphatic rings. The highest BCUT2D eigenvalue weighted by Crippen LogP contribution is 2.40. The lowest BCUT2D eigenvalue weighted by Gasteiger charge is -2.39. The summed E-state index contributed by atoms with van der Waals surface area (Å²) in [5.74, 6) is 0.992. The first-order chi connectivity index (χ1) is 15.6. The van der Waals surface area contributed by atoms with E-state index in [0.29, 0.717) is 67.3 Å². The minimum Gasteiger partial charge on any atom is -0.342 e. The van der Waals surface area contributed by atoms with E-state index in [0.717, 1.165) is 25.1 Å². The number of benzene rings is 1. The van der Waals surface area contributed by atoms with Gasteiger partial charge >= 0.3 is 0 Å². The molecule has 9 heteroatoms. The Morgan fingerprint density at radius 3 is 2.30 bits per heavy atom. The van der Waals surface area contributed by atoms with Crippen LogP contribution in [0, 0.1) is 17.8 Å². The summed E-state index contributed by atoms with van der Waals surface area (Å²) in [5, 5.41) is 0. The van der Waals surface area contributed by atoms with Gasteiger partial charge < -0.3 is 9.80 Å². The molecule has 1 aromatic rings. The van der Waals surface area contributed by atoms with E-state index >= 15 is 0 Å². The molecule has 7 nitrogen and oxygen atoms in total. The van der Waals surface area contributed by atoms with E-state index in [4.69, 9.17) is 0 Å². The highest BCUT2D eigenvalue weighted by Gasteiger charge is 2.39. The first-order valence-electron chi connectivity index (χ1n) is 12.0. The molecule has 182 valence electrons. The maximum atomic E-state index is 13.7. The van der Waals surface area contributed by atoms with Gasteiger partial charge in [0.15, 0.2) is 0 Å². The average Bonchev–Trinajstić information content (AvgIpc) is 3.20. The predicted molar refractivity (Wildman–Crippen MR) is 131 cm³/mol. The molecule has 33 heavy (non-hydrogen) atoms. The number of sulfonamides is 1. The number of halogens is 1. The number of anilines is 1. The van der Waals surface area contributed by atoms with Crippen molar-refractivity contribution in [3.63, 3.8) is 0 Å². The van der Waals surface area contributed by atoms with E-state index in [1.54, 1.807) is 17.9 Å². The molecular weight excluding hydrogens is 506 g/mol. The van der Waals surface area contributed by atoms with E-state index in [1.807, 2.05) is 11.0 Å². The Morgan fingerprint density at radius 1 is 1.06 bits per heavy atom. The van der Waals surface area contributed by atoms with Crippen LogP contribution in [0.15, 0.2) is 21.5 Å². The summed E-state index contributed by atoms with van der Waals surface area (Å²) >= 11 is 3.45. The average molecular weight is 541 g/mol. The number of carbonyl (C=O) groups excluding carboxylic acids is 2. The van der Waals surface area contributed by atoms with Crippen LogP contribution in [0.4, 0.5) is 5.69 Å². The topological polar surface area (TPSA) is 78.0 Å². The number of hydrogen-bond donors (Lipinski definition) is 0. The lowest BCUT2D eigenvalue weighted by molar-refractivity contribution is -0.139. The van der Waals surface area contributed by atoms with Gasteiger partial charge in [0.1, 0.15) is 4.90 Å². The fourth-order valence-electron chi connectivity index (χ4n) is 5.69. The van der Waals surface area contributed by atoms with E-state index in [1.165, 1.54) is 4.31 Å². The van der Waals surface area contributed by atoms with Crippen molar-refractivity contribution in [2.45, 2.75) is 57.8 Å². The van der Waals surface area contributed by atoms with E-state index in [-0.39, 0.29) is 22.6 Å². The highest BCUT2D eigenvalue weighted by molar-refractivity contribution is 9.10. The molecule has 0 unspecified atom stereocenters. The maximum Gasteiger partial charge on any atom is 0.245 e. The molecule has 2 fully saturated rings. The van der Waals surface area contributed by atoms with Crippen molar-refractivity contribution >= 4 is 43.5 Å². The number of fused-ring (bicyclic) bond motifs is 1. The number of carbonyl (C=O) groups is 2. The van der Waals surface area contributed by atoms with E-state index in [9.17, 15) is 18.0 Å². The number of amides is 2. The Labute approximate surface area is 205 Å². The molecule has 0 aromatic heterocycles. The number of likely N-dealkylation sites (tertiary alicyclic amines) is 1. The summed E-state index contributed by atoms with van der Waals surface area (Å²) in [6, 6.07) is 3.52. The van der Waals surface area contributed by atoms with Gasteiger partial charge in [0.25, 0.3) is 0 Å². The van der Waals surface area contributed by atoms with Crippen molar-refractivity contribution in [3.05, 3.63) is 22.2 Å². The summed E-state index contributed by atoms with van der Waals surface area (Å²) in [7, 11) is -3.79. The quantitative estimate of drug-likeness (QED) is 0.584. The Bertz CT molecular complexity index is 1030. The third-order valence-corrected chi connectivity index (χ3v) is 9.57. The Kier molecular flexibility index (Phi) is 7.22. The third-order valence-electron chi connectivity index (χ3n) is 7.20.